The van der Waals surface area contributed by atoms with E-state index in [-0.39, 0.29) is 17.8 Å². The average molecular weight is 369 g/mol. The number of non-ortho nitro benzene ring substituents is 1. The SMILES string of the molecule is CC(=O)C1=C(O)C(=O)N(CCBr)C1c1cccc([N+](=O)[O-])c1. The zero-order valence-corrected chi connectivity index (χ0v) is 13.2. The van der Waals surface area contributed by atoms with Gasteiger partial charge in [0, 0.05) is 24.0 Å². The van der Waals surface area contributed by atoms with Crippen molar-refractivity contribution in [1.82, 2.24) is 4.90 Å². The summed E-state index contributed by atoms with van der Waals surface area (Å²) < 4.78 is 0. The average Bonchev–Trinajstić information content (AvgIpc) is 2.72. The predicted octanol–water partition coefficient (Wildman–Crippen LogP) is 2.27. The van der Waals surface area contributed by atoms with Crippen LogP contribution in [0.25, 0.3) is 0 Å². The van der Waals surface area contributed by atoms with E-state index in [1.165, 1.54) is 30.0 Å². The Morgan fingerprint density at radius 1 is 1.50 bits per heavy atom. The van der Waals surface area contributed by atoms with E-state index in [1.807, 2.05) is 0 Å². The van der Waals surface area contributed by atoms with Crippen LogP contribution in [0.3, 0.4) is 0 Å². The molecule has 2 rings (SSSR count). The highest BCUT2D eigenvalue weighted by Crippen LogP contribution is 2.38. The molecule has 116 valence electrons. The molecule has 8 heteroatoms. The Kier molecular flexibility index (Phi) is 4.60. The summed E-state index contributed by atoms with van der Waals surface area (Å²) >= 11 is 3.21. The minimum absolute atomic E-state index is 0.0357. The number of nitrogens with zero attached hydrogens (tertiary/aromatic N) is 2. The van der Waals surface area contributed by atoms with Gasteiger partial charge in [0.2, 0.25) is 0 Å². The molecule has 1 aromatic carbocycles. The molecule has 22 heavy (non-hydrogen) atoms. The Bertz CT molecular complexity index is 686. The molecular formula is C14H13BrN2O5. The Morgan fingerprint density at radius 3 is 2.73 bits per heavy atom. The number of alkyl halides is 1. The topological polar surface area (TPSA) is 101 Å². The molecule has 7 nitrogen and oxygen atoms in total. The second-order valence-electron chi connectivity index (χ2n) is 4.76. The molecule has 0 aromatic heterocycles. The highest BCUT2D eigenvalue weighted by molar-refractivity contribution is 9.09. The van der Waals surface area contributed by atoms with Gasteiger partial charge < -0.3 is 10.0 Å². The van der Waals surface area contributed by atoms with Crippen LogP contribution in [0, 0.1) is 10.1 Å². The van der Waals surface area contributed by atoms with Gasteiger partial charge >= 0.3 is 0 Å². The fourth-order valence-electron chi connectivity index (χ4n) is 2.49. The summed E-state index contributed by atoms with van der Waals surface area (Å²) in [6, 6.07) is 4.89. The molecule has 1 aliphatic heterocycles. The van der Waals surface area contributed by atoms with Gasteiger partial charge in [-0.25, -0.2) is 0 Å². The molecule has 1 unspecified atom stereocenters. The fourth-order valence-corrected chi connectivity index (χ4v) is 2.87. The van der Waals surface area contributed by atoms with Crippen LogP contribution in [0.15, 0.2) is 35.6 Å². The number of aliphatic hydroxyl groups is 1. The van der Waals surface area contributed by atoms with E-state index >= 15 is 0 Å². The van der Waals surface area contributed by atoms with Crippen molar-refractivity contribution in [3.05, 3.63) is 51.3 Å². The standard InChI is InChI=1S/C14H13BrN2O5/c1-8(18)11-12(16(6-5-15)14(20)13(11)19)9-3-2-4-10(7-9)17(21)22/h2-4,7,12,19H,5-6H2,1H3. The lowest BCUT2D eigenvalue weighted by Crippen LogP contribution is -2.32. The minimum atomic E-state index is -0.817. The van der Waals surface area contributed by atoms with Crippen molar-refractivity contribution in [2.45, 2.75) is 13.0 Å². The quantitative estimate of drug-likeness (QED) is 0.488. The number of aliphatic hydroxyl groups excluding tert-OH is 1. The van der Waals surface area contributed by atoms with Crippen molar-refractivity contribution in [2.75, 3.05) is 11.9 Å². The number of carbonyl (C=O) groups excluding carboxylic acids is 2. The van der Waals surface area contributed by atoms with Gasteiger partial charge in [-0.2, -0.15) is 0 Å². The van der Waals surface area contributed by atoms with Gasteiger partial charge in [-0.3, -0.25) is 19.7 Å². The first-order valence-corrected chi connectivity index (χ1v) is 7.56. The maximum atomic E-state index is 12.1. The number of nitro benzene ring substituents is 1. The van der Waals surface area contributed by atoms with Gasteiger partial charge in [0.25, 0.3) is 11.6 Å². The smallest absolute Gasteiger partial charge is 0.290 e. The summed E-state index contributed by atoms with van der Waals surface area (Å²) in [7, 11) is 0. The first kappa shape index (κ1) is 16.2. The highest BCUT2D eigenvalue weighted by atomic mass is 79.9. The number of hydrogen-bond acceptors (Lipinski definition) is 5. The lowest BCUT2D eigenvalue weighted by atomic mass is 9.96. The summed E-state index contributed by atoms with van der Waals surface area (Å²) in [4.78, 5) is 35.6. The lowest BCUT2D eigenvalue weighted by Gasteiger charge is -2.25. The number of halogens is 1. The van der Waals surface area contributed by atoms with E-state index in [4.69, 9.17) is 0 Å². The van der Waals surface area contributed by atoms with Crippen LogP contribution in [0.2, 0.25) is 0 Å². The molecule has 0 spiro atoms. The molecular weight excluding hydrogens is 356 g/mol. The molecule has 1 atom stereocenters. The van der Waals surface area contributed by atoms with Crippen molar-refractivity contribution in [2.24, 2.45) is 0 Å². The molecule has 1 heterocycles. The molecule has 0 saturated carbocycles. The normalized spacial score (nSPS) is 18.0. The number of amides is 1. The summed E-state index contributed by atoms with van der Waals surface area (Å²) in [6.07, 6.45) is 0. The molecule has 1 aromatic rings. The van der Waals surface area contributed by atoms with E-state index in [1.54, 1.807) is 6.07 Å². The summed E-state index contributed by atoms with van der Waals surface area (Å²) in [5.41, 5.74) is 0.238. The van der Waals surface area contributed by atoms with Crippen molar-refractivity contribution >= 4 is 33.3 Å². The van der Waals surface area contributed by atoms with Gasteiger partial charge in [0.15, 0.2) is 11.5 Å². The molecule has 0 saturated heterocycles. The van der Waals surface area contributed by atoms with Crippen LogP contribution >= 0.6 is 15.9 Å². The zero-order valence-electron chi connectivity index (χ0n) is 11.7. The Hall–Kier alpha value is -2.22. The maximum Gasteiger partial charge on any atom is 0.290 e. The predicted molar refractivity (Wildman–Crippen MR) is 81.7 cm³/mol. The molecule has 1 aliphatic rings. The van der Waals surface area contributed by atoms with Gasteiger partial charge in [0.1, 0.15) is 0 Å². The Morgan fingerprint density at radius 2 is 2.18 bits per heavy atom. The third-order valence-corrected chi connectivity index (χ3v) is 3.76. The number of nitro groups is 1. The largest absolute Gasteiger partial charge is 0.503 e. The molecule has 0 aliphatic carbocycles. The number of ketones is 1. The first-order valence-electron chi connectivity index (χ1n) is 6.43. The van der Waals surface area contributed by atoms with Crippen molar-refractivity contribution in [1.29, 1.82) is 0 Å². The highest BCUT2D eigenvalue weighted by Gasteiger charge is 2.42. The third-order valence-electron chi connectivity index (χ3n) is 3.41. The van der Waals surface area contributed by atoms with E-state index in [0.29, 0.717) is 10.9 Å². The van der Waals surface area contributed by atoms with Crippen molar-refractivity contribution < 1.29 is 19.6 Å². The van der Waals surface area contributed by atoms with Gasteiger partial charge in [-0.15, -0.1) is 0 Å². The van der Waals surface area contributed by atoms with Crippen LogP contribution < -0.4 is 0 Å². The van der Waals surface area contributed by atoms with Crippen molar-refractivity contribution in [3.63, 3.8) is 0 Å². The van der Waals surface area contributed by atoms with E-state index in [9.17, 15) is 24.8 Å². The second kappa shape index (κ2) is 6.27. The zero-order chi connectivity index (χ0) is 16.4. The van der Waals surface area contributed by atoms with Crippen molar-refractivity contribution in [3.8, 4) is 0 Å². The summed E-state index contributed by atoms with van der Waals surface area (Å²) in [5.74, 6) is -1.69. The maximum absolute atomic E-state index is 12.1. The van der Waals surface area contributed by atoms with E-state index < -0.39 is 28.4 Å². The molecule has 0 radical (unpaired) electrons. The number of carbonyl (C=O) groups is 2. The van der Waals surface area contributed by atoms with E-state index in [0.717, 1.165) is 0 Å². The second-order valence-corrected chi connectivity index (χ2v) is 5.55. The minimum Gasteiger partial charge on any atom is -0.503 e. The molecule has 0 fully saturated rings. The number of hydrogen-bond donors (Lipinski definition) is 1. The van der Waals surface area contributed by atoms with Gasteiger partial charge in [-0.1, -0.05) is 28.1 Å². The summed E-state index contributed by atoms with van der Waals surface area (Å²) in [5, 5.41) is 21.3. The number of benzene rings is 1. The Balaban J connectivity index is 2.57. The molecule has 0 bridgehead atoms. The molecule has 1 amide bonds. The Labute approximate surface area is 134 Å². The van der Waals surface area contributed by atoms with Crippen LogP contribution in [-0.2, 0) is 9.59 Å². The van der Waals surface area contributed by atoms with Crippen LogP contribution in [0.5, 0.6) is 0 Å². The summed E-state index contributed by atoms with van der Waals surface area (Å²) in [6.45, 7) is 1.51. The third kappa shape index (κ3) is 2.74. The van der Waals surface area contributed by atoms with Crippen LogP contribution in [0.4, 0.5) is 5.69 Å². The van der Waals surface area contributed by atoms with Crippen LogP contribution in [-0.4, -0.2) is 38.5 Å². The first-order chi connectivity index (χ1) is 10.4. The van der Waals surface area contributed by atoms with Gasteiger partial charge in [-0.05, 0) is 12.5 Å². The monoisotopic (exact) mass is 368 g/mol. The number of Topliss-reactive ketones (excluding diaryl/α,β-unsaturated/α-hetero) is 1. The van der Waals surface area contributed by atoms with Crippen LogP contribution in [0.1, 0.15) is 18.5 Å². The molecule has 1 N–H and O–H groups in total. The van der Waals surface area contributed by atoms with E-state index in [2.05, 4.69) is 15.9 Å². The van der Waals surface area contributed by atoms with Gasteiger partial charge in [0.05, 0.1) is 16.5 Å². The number of rotatable bonds is 5. The lowest BCUT2D eigenvalue weighted by molar-refractivity contribution is -0.384. The fraction of sp³-hybridized carbons (Fsp3) is 0.286.